The number of hydrogen-bond acceptors (Lipinski definition) is 3. The summed E-state index contributed by atoms with van der Waals surface area (Å²) in [5.41, 5.74) is 0. The van der Waals surface area contributed by atoms with Crippen LogP contribution in [0, 0.1) is 0 Å². The summed E-state index contributed by atoms with van der Waals surface area (Å²) in [5, 5.41) is 8.43. The molecule has 0 aliphatic rings. The number of carboxylic acids is 1. The van der Waals surface area contributed by atoms with Gasteiger partial charge in [0.1, 0.15) is 9.84 Å². The van der Waals surface area contributed by atoms with Crippen molar-refractivity contribution >= 4 is 15.8 Å². The molecule has 0 bridgehead atoms. The molecule has 0 aromatic rings. The summed E-state index contributed by atoms with van der Waals surface area (Å²) < 4.78 is 23.0. The average molecular weight is 264 g/mol. The van der Waals surface area contributed by atoms with Gasteiger partial charge in [0, 0.05) is 6.42 Å². The van der Waals surface area contributed by atoms with Crippen LogP contribution in [0.2, 0.25) is 0 Å². The Morgan fingerprint density at radius 1 is 0.941 bits per heavy atom. The molecule has 102 valence electrons. The summed E-state index contributed by atoms with van der Waals surface area (Å²) in [7, 11) is -2.84. The van der Waals surface area contributed by atoms with E-state index in [1.54, 1.807) is 0 Å². The van der Waals surface area contributed by atoms with E-state index < -0.39 is 15.8 Å². The Bertz CT molecular complexity index is 296. The quantitative estimate of drug-likeness (QED) is 0.582. The standard InChI is InChI=1S/C12H24O4S/c1-2-3-10-17(15,16)11-8-6-4-5-7-9-12(13)14/h2-11H2,1H3,(H,13,14). The van der Waals surface area contributed by atoms with Gasteiger partial charge in [-0.15, -0.1) is 0 Å². The highest BCUT2D eigenvalue weighted by Gasteiger charge is 2.08. The summed E-state index contributed by atoms with van der Waals surface area (Å²) in [6, 6.07) is 0. The molecule has 1 N–H and O–H groups in total. The maximum Gasteiger partial charge on any atom is 0.303 e. The third kappa shape index (κ3) is 11.7. The topological polar surface area (TPSA) is 71.4 Å². The van der Waals surface area contributed by atoms with E-state index in [2.05, 4.69) is 0 Å². The first-order valence-electron chi connectivity index (χ1n) is 6.40. The van der Waals surface area contributed by atoms with Gasteiger partial charge in [0.25, 0.3) is 0 Å². The zero-order valence-electron chi connectivity index (χ0n) is 10.7. The first-order chi connectivity index (χ1) is 7.98. The molecule has 0 aromatic carbocycles. The maximum atomic E-state index is 11.5. The number of sulfone groups is 1. The second kappa shape index (κ2) is 9.45. The van der Waals surface area contributed by atoms with Crippen molar-refractivity contribution in [3.05, 3.63) is 0 Å². The molecule has 0 unspecified atom stereocenters. The Morgan fingerprint density at radius 2 is 1.47 bits per heavy atom. The monoisotopic (exact) mass is 264 g/mol. The van der Waals surface area contributed by atoms with Crippen LogP contribution in [-0.2, 0) is 14.6 Å². The number of hydrogen-bond donors (Lipinski definition) is 1. The third-order valence-corrected chi connectivity index (χ3v) is 4.48. The fourth-order valence-electron chi connectivity index (χ4n) is 1.59. The Balaban J connectivity index is 3.41. The Hall–Kier alpha value is -0.580. The van der Waals surface area contributed by atoms with Gasteiger partial charge in [-0.2, -0.15) is 0 Å². The van der Waals surface area contributed by atoms with E-state index in [1.807, 2.05) is 6.92 Å². The van der Waals surface area contributed by atoms with Crippen molar-refractivity contribution in [3.63, 3.8) is 0 Å². The Labute approximate surface area is 104 Å². The largest absolute Gasteiger partial charge is 0.481 e. The molecule has 17 heavy (non-hydrogen) atoms. The molecule has 5 heteroatoms. The molecule has 0 saturated carbocycles. The zero-order chi connectivity index (χ0) is 13.1. The van der Waals surface area contributed by atoms with Gasteiger partial charge in [0.05, 0.1) is 11.5 Å². The van der Waals surface area contributed by atoms with Crippen LogP contribution in [0.15, 0.2) is 0 Å². The summed E-state index contributed by atoms with van der Waals surface area (Å²) in [6.07, 6.45) is 5.96. The van der Waals surface area contributed by atoms with Gasteiger partial charge in [-0.1, -0.05) is 32.6 Å². The van der Waals surface area contributed by atoms with Crippen molar-refractivity contribution in [3.8, 4) is 0 Å². The van der Waals surface area contributed by atoms with Crippen LogP contribution in [-0.4, -0.2) is 31.0 Å². The van der Waals surface area contributed by atoms with E-state index >= 15 is 0 Å². The van der Waals surface area contributed by atoms with Gasteiger partial charge in [-0.05, 0) is 19.3 Å². The molecule has 0 spiro atoms. The fourth-order valence-corrected chi connectivity index (χ4v) is 3.17. The van der Waals surface area contributed by atoms with Crippen molar-refractivity contribution in [2.45, 2.75) is 58.3 Å². The van der Waals surface area contributed by atoms with Crippen LogP contribution in [0.1, 0.15) is 58.3 Å². The predicted octanol–water partition coefficient (Wildman–Crippen LogP) is 2.63. The van der Waals surface area contributed by atoms with E-state index in [0.29, 0.717) is 18.6 Å². The lowest BCUT2D eigenvalue weighted by Gasteiger charge is -2.03. The van der Waals surface area contributed by atoms with Crippen molar-refractivity contribution in [2.75, 3.05) is 11.5 Å². The molecule has 0 fully saturated rings. The normalized spacial score (nSPS) is 11.6. The van der Waals surface area contributed by atoms with Gasteiger partial charge >= 0.3 is 5.97 Å². The minimum absolute atomic E-state index is 0.217. The number of carboxylic acid groups (broad SMARTS) is 1. The van der Waals surface area contributed by atoms with E-state index in [-0.39, 0.29) is 12.2 Å². The number of rotatable bonds is 11. The van der Waals surface area contributed by atoms with Crippen molar-refractivity contribution in [1.82, 2.24) is 0 Å². The van der Waals surface area contributed by atoms with Crippen LogP contribution in [0.5, 0.6) is 0 Å². The minimum atomic E-state index is -2.84. The summed E-state index contributed by atoms with van der Waals surface area (Å²) in [5.74, 6) is -0.166. The second-order valence-electron chi connectivity index (χ2n) is 4.42. The summed E-state index contributed by atoms with van der Waals surface area (Å²) in [6.45, 7) is 1.98. The minimum Gasteiger partial charge on any atom is -0.481 e. The number of aliphatic carboxylic acids is 1. The Kier molecular flexibility index (Phi) is 9.13. The van der Waals surface area contributed by atoms with Gasteiger partial charge in [-0.3, -0.25) is 4.79 Å². The molecule has 0 amide bonds. The highest BCUT2D eigenvalue weighted by molar-refractivity contribution is 7.91. The zero-order valence-corrected chi connectivity index (χ0v) is 11.5. The van der Waals surface area contributed by atoms with Gasteiger partial charge in [-0.25, -0.2) is 8.42 Å². The van der Waals surface area contributed by atoms with E-state index in [4.69, 9.17) is 5.11 Å². The van der Waals surface area contributed by atoms with Crippen LogP contribution in [0.25, 0.3) is 0 Å². The molecule has 0 aliphatic carbocycles. The van der Waals surface area contributed by atoms with Crippen molar-refractivity contribution in [2.24, 2.45) is 0 Å². The number of carbonyl (C=O) groups is 1. The number of unbranched alkanes of at least 4 members (excludes halogenated alkanes) is 5. The highest BCUT2D eigenvalue weighted by atomic mass is 32.2. The second-order valence-corrected chi connectivity index (χ2v) is 6.72. The first kappa shape index (κ1) is 16.4. The summed E-state index contributed by atoms with van der Waals surface area (Å²) in [4.78, 5) is 10.2. The van der Waals surface area contributed by atoms with Crippen LogP contribution in [0.4, 0.5) is 0 Å². The average Bonchev–Trinajstić information content (AvgIpc) is 2.24. The maximum absolute atomic E-state index is 11.5. The molecule has 4 nitrogen and oxygen atoms in total. The van der Waals surface area contributed by atoms with Gasteiger partial charge in [0.2, 0.25) is 0 Å². The highest BCUT2D eigenvalue weighted by Crippen LogP contribution is 2.08. The fraction of sp³-hybridized carbons (Fsp3) is 0.917. The first-order valence-corrected chi connectivity index (χ1v) is 8.22. The molecule has 0 radical (unpaired) electrons. The molecular weight excluding hydrogens is 240 g/mol. The smallest absolute Gasteiger partial charge is 0.303 e. The lowest BCUT2D eigenvalue weighted by Crippen LogP contribution is -2.10. The van der Waals surface area contributed by atoms with E-state index in [1.165, 1.54) is 0 Å². The van der Waals surface area contributed by atoms with Crippen LogP contribution in [0.3, 0.4) is 0 Å². The van der Waals surface area contributed by atoms with Crippen molar-refractivity contribution < 1.29 is 18.3 Å². The van der Waals surface area contributed by atoms with Crippen LogP contribution < -0.4 is 0 Å². The van der Waals surface area contributed by atoms with Crippen LogP contribution >= 0.6 is 0 Å². The van der Waals surface area contributed by atoms with E-state index in [9.17, 15) is 13.2 Å². The molecule has 0 rings (SSSR count). The molecule has 0 saturated heterocycles. The lowest BCUT2D eigenvalue weighted by molar-refractivity contribution is -0.137. The SMILES string of the molecule is CCCCS(=O)(=O)CCCCCCCC(=O)O. The van der Waals surface area contributed by atoms with E-state index in [0.717, 1.165) is 32.1 Å². The Morgan fingerprint density at radius 3 is 2.06 bits per heavy atom. The molecule has 0 heterocycles. The van der Waals surface area contributed by atoms with Gasteiger partial charge in [0.15, 0.2) is 0 Å². The molecule has 0 aromatic heterocycles. The lowest BCUT2D eigenvalue weighted by atomic mass is 10.1. The third-order valence-electron chi connectivity index (χ3n) is 2.65. The predicted molar refractivity (Wildman–Crippen MR) is 68.9 cm³/mol. The van der Waals surface area contributed by atoms with Crippen molar-refractivity contribution in [1.29, 1.82) is 0 Å². The summed E-state index contributed by atoms with van der Waals surface area (Å²) >= 11 is 0. The molecule has 0 atom stereocenters. The molecule has 0 aliphatic heterocycles. The van der Waals surface area contributed by atoms with Gasteiger partial charge < -0.3 is 5.11 Å². The molecular formula is C12H24O4S.